The lowest BCUT2D eigenvalue weighted by atomic mass is 10.2. The summed E-state index contributed by atoms with van der Waals surface area (Å²) in [6, 6.07) is 7.88. The first-order valence-electron chi connectivity index (χ1n) is 5.23. The van der Waals surface area contributed by atoms with Crippen molar-refractivity contribution in [3.05, 3.63) is 29.8 Å². The van der Waals surface area contributed by atoms with Crippen molar-refractivity contribution in [2.24, 2.45) is 0 Å². The number of ether oxygens (including phenoxy) is 1. The van der Waals surface area contributed by atoms with Gasteiger partial charge in [0.15, 0.2) is 0 Å². The predicted molar refractivity (Wildman–Crippen MR) is 63.0 cm³/mol. The molecule has 0 heterocycles. The zero-order valence-corrected chi connectivity index (χ0v) is 9.34. The molecule has 2 nitrogen and oxygen atoms in total. The van der Waals surface area contributed by atoms with Crippen molar-refractivity contribution >= 4 is 0 Å². The smallest absolute Gasteiger partial charge is 0.120 e. The van der Waals surface area contributed by atoms with Crippen LogP contribution in [-0.4, -0.2) is 20.2 Å². The van der Waals surface area contributed by atoms with Gasteiger partial charge in [0.25, 0.3) is 0 Å². The molecule has 0 fully saturated rings. The molecule has 0 spiro atoms. The third kappa shape index (κ3) is 4.53. The van der Waals surface area contributed by atoms with Crippen molar-refractivity contribution in [1.29, 1.82) is 0 Å². The lowest BCUT2D eigenvalue weighted by molar-refractivity contribution is 0.340. The van der Waals surface area contributed by atoms with Gasteiger partial charge in [0, 0.05) is 18.5 Å². The highest BCUT2D eigenvalue weighted by Crippen LogP contribution is 2.12. The Hall–Kier alpha value is -1.46. The molecule has 1 N–H and O–H groups in total. The fourth-order valence-corrected chi connectivity index (χ4v) is 1.18. The van der Waals surface area contributed by atoms with Gasteiger partial charge in [-0.25, -0.2) is 0 Å². The Morgan fingerprint density at radius 1 is 1.40 bits per heavy atom. The molecule has 1 aromatic carbocycles. The molecule has 2 heteroatoms. The summed E-state index contributed by atoms with van der Waals surface area (Å²) in [5.41, 5.74) is 1.01. The highest BCUT2D eigenvalue weighted by Gasteiger charge is 1.92. The second-order valence-electron chi connectivity index (χ2n) is 3.12. The lowest BCUT2D eigenvalue weighted by Crippen LogP contribution is -2.05. The maximum Gasteiger partial charge on any atom is 0.120 e. The van der Waals surface area contributed by atoms with Gasteiger partial charge in [0.1, 0.15) is 5.75 Å². The summed E-state index contributed by atoms with van der Waals surface area (Å²) in [7, 11) is 1.93. The van der Waals surface area contributed by atoms with Crippen molar-refractivity contribution < 1.29 is 4.74 Å². The highest BCUT2D eigenvalue weighted by molar-refractivity contribution is 5.39. The Labute approximate surface area is 91.6 Å². The van der Waals surface area contributed by atoms with E-state index in [4.69, 9.17) is 4.74 Å². The standard InChI is InChI=1S/C13H17NO/c1-3-15-13-9-6-8-12(11-13)7-4-5-10-14-2/h6,8-9,11,14H,3,5,10H2,1-2H3. The molecule has 0 aliphatic rings. The van der Waals surface area contributed by atoms with E-state index in [1.54, 1.807) is 0 Å². The Morgan fingerprint density at radius 2 is 2.27 bits per heavy atom. The van der Waals surface area contributed by atoms with Crippen molar-refractivity contribution in [2.75, 3.05) is 20.2 Å². The van der Waals surface area contributed by atoms with Crippen molar-refractivity contribution in [3.8, 4) is 17.6 Å². The third-order valence-electron chi connectivity index (χ3n) is 1.88. The van der Waals surface area contributed by atoms with Crippen LogP contribution in [0.3, 0.4) is 0 Å². The Bertz CT molecular complexity index is 349. The van der Waals surface area contributed by atoms with Crippen LogP contribution in [-0.2, 0) is 0 Å². The average molecular weight is 203 g/mol. The molecule has 0 saturated carbocycles. The van der Waals surface area contributed by atoms with Crippen LogP contribution in [0.2, 0.25) is 0 Å². The number of hydrogen-bond acceptors (Lipinski definition) is 2. The van der Waals surface area contributed by atoms with E-state index >= 15 is 0 Å². The highest BCUT2D eigenvalue weighted by atomic mass is 16.5. The topological polar surface area (TPSA) is 21.3 Å². The molecule has 0 amide bonds. The molecule has 0 aromatic heterocycles. The van der Waals surface area contributed by atoms with Gasteiger partial charge in [-0.15, -0.1) is 0 Å². The summed E-state index contributed by atoms with van der Waals surface area (Å²) < 4.78 is 5.39. The molecule has 15 heavy (non-hydrogen) atoms. The molecule has 0 atom stereocenters. The van der Waals surface area contributed by atoms with E-state index < -0.39 is 0 Å². The Morgan fingerprint density at radius 3 is 3.00 bits per heavy atom. The largest absolute Gasteiger partial charge is 0.494 e. The second kappa shape index (κ2) is 6.92. The fourth-order valence-electron chi connectivity index (χ4n) is 1.18. The SMILES string of the molecule is CCOc1cccc(C#CCCNC)c1. The van der Waals surface area contributed by atoms with Gasteiger partial charge in [-0.2, -0.15) is 0 Å². The second-order valence-corrected chi connectivity index (χ2v) is 3.12. The first-order chi connectivity index (χ1) is 7.36. The molecule has 0 aliphatic carbocycles. The molecular weight excluding hydrogens is 186 g/mol. The minimum atomic E-state index is 0.691. The van der Waals surface area contributed by atoms with Gasteiger partial charge in [0.05, 0.1) is 6.61 Å². The zero-order valence-electron chi connectivity index (χ0n) is 9.34. The van der Waals surface area contributed by atoms with Gasteiger partial charge in [-0.3, -0.25) is 0 Å². The van der Waals surface area contributed by atoms with E-state index in [0.29, 0.717) is 6.61 Å². The van der Waals surface area contributed by atoms with Gasteiger partial charge >= 0.3 is 0 Å². The molecule has 0 radical (unpaired) electrons. The van der Waals surface area contributed by atoms with E-state index in [1.165, 1.54) is 0 Å². The van der Waals surface area contributed by atoms with Gasteiger partial charge in [0.2, 0.25) is 0 Å². The molecule has 0 saturated heterocycles. The molecule has 0 bridgehead atoms. The molecular formula is C13H17NO. The van der Waals surface area contributed by atoms with Crippen molar-refractivity contribution in [2.45, 2.75) is 13.3 Å². The first kappa shape index (κ1) is 11.6. The van der Waals surface area contributed by atoms with E-state index in [1.807, 2.05) is 38.2 Å². The zero-order chi connectivity index (χ0) is 10.9. The van der Waals surface area contributed by atoms with Crippen molar-refractivity contribution in [3.63, 3.8) is 0 Å². The van der Waals surface area contributed by atoms with Crippen molar-refractivity contribution in [1.82, 2.24) is 5.32 Å². The fraction of sp³-hybridized carbons (Fsp3) is 0.385. The van der Waals surface area contributed by atoms with Crippen LogP contribution in [0.5, 0.6) is 5.75 Å². The van der Waals surface area contributed by atoms with Gasteiger partial charge < -0.3 is 10.1 Å². The van der Waals surface area contributed by atoms with Gasteiger partial charge in [-0.05, 0) is 32.2 Å². The molecule has 1 rings (SSSR count). The third-order valence-corrected chi connectivity index (χ3v) is 1.88. The predicted octanol–water partition coefficient (Wildman–Crippen LogP) is 2.05. The van der Waals surface area contributed by atoms with Crippen LogP contribution in [0.25, 0.3) is 0 Å². The van der Waals surface area contributed by atoms with Crippen LogP contribution in [0.15, 0.2) is 24.3 Å². The minimum Gasteiger partial charge on any atom is -0.494 e. The van der Waals surface area contributed by atoms with Crippen LogP contribution >= 0.6 is 0 Å². The normalized spacial score (nSPS) is 9.20. The lowest BCUT2D eigenvalue weighted by Gasteiger charge is -2.01. The summed E-state index contributed by atoms with van der Waals surface area (Å²) in [6.07, 6.45) is 0.870. The van der Waals surface area contributed by atoms with Crippen LogP contribution in [0, 0.1) is 11.8 Å². The van der Waals surface area contributed by atoms with Crippen LogP contribution in [0.1, 0.15) is 18.9 Å². The molecule has 1 aromatic rings. The molecule has 0 unspecified atom stereocenters. The van der Waals surface area contributed by atoms with E-state index in [2.05, 4.69) is 17.2 Å². The van der Waals surface area contributed by atoms with Gasteiger partial charge in [-0.1, -0.05) is 17.9 Å². The Kier molecular flexibility index (Phi) is 5.35. The van der Waals surface area contributed by atoms with Crippen LogP contribution in [0.4, 0.5) is 0 Å². The maximum atomic E-state index is 5.39. The minimum absolute atomic E-state index is 0.691. The summed E-state index contributed by atoms with van der Waals surface area (Å²) in [5, 5.41) is 3.06. The molecule has 80 valence electrons. The number of benzene rings is 1. The van der Waals surface area contributed by atoms with E-state index in [0.717, 1.165) is 24.3 Å². The average Bonchev–Trinajstić information content (AvgIpc) is 2.26. The first-order valence-corrected chi connectivity index (χ1v) is 5.23. The van der Waals surface area contributed by atoms with E-state index in [-0.39, 0.29) is 0 Å². The van der Waals surface area contributed by atoms with E-state index in [9.17, 15) is 0 Å². The monoisotopic (exact) mass is 203 g/mol. The molecule has 0 aliphatic heterocycles. The quantitative estimate of drug-likeness (QED) is 0.597. The number of rotatable bonds is 4. The summed E-state index contributed by atoms with van der Waals surface area (Å²) in [4.78, 5) is 0. The summed E-state index contributed by atoms with van der Waals surface area (Å²) in [5.74, 6) is 7.10. The summed E-state index contributed by atoms with van der Waals surface area (Å²) >= 11 is 0. The maximum absolute atomic E-state index is 5.39. The number of hydrogen-bond donors (Lipinski definition) is 1. The van der Waals surface area contributed by atoms with Crippen LogP contribution < -0.4 is 10.1 Å². The summed E-state index contributed by atoms with van der Waals surface area (Å²) in [6.45, 7) is 3.60. The number of nitrogens with one attached hydrogen (secondary N) is 1. The Balaban J connectivity index is 2.59.